The molecule has 0 heterocycles. The van der Waals surface area contributed by atoms with E-state index < -0.39 is 0 Å². The molecule has 0 saturated carbocycles. The Morgan fingerprint density at radius 1 is 0.944 bits per heavy atom. The van der Waals surface area contributed by atoms with Gasteiger partial charge in [0.15, 0.2) is 0 Å². The Hall–Kier alpha value is -1.25. The van der Waals surface area contributed by atoms with E-state index in [4.69, 9.17) is 9.47 Å². The highest BCUT2D eigenvalue weighted by atomic mass is 16.5. The molecule has 18 heavy (non-hydrogen) atoms. The van der Waals surface area contributed by atoms with Gasteiger partial charge in [0.25, 0.3) is 0 Å². The predicted octanol–water partition coefficient (Wildman–Crippen LogP) is 4.00. The molecule has 0 aromatic rings. The number of hydrogen-bond donors (Lipinski definition) is 0. The first-order valence-corrected chi connectivity index (χ1v) is 6.80. The summed E-state index contributed by atoms with van der Waals surface area (Å²) >= 11 is 0. The van der Waals surface area contributed by atoms with Crippen molar-refractivity contribution in [2.24, 2.45) is 0 Å². The number of rotatable bonds is 13. The molecule has 0 amide bonds. The molecule has 0 fully saturated rings. The molecule has 0 aliphatic heterocycles. The highest BCUT2D eigenvalue weighted by molar-refractivity contribution is 5.69. The average Bonchev–Trinajstić information content (AvgIpc) is 2.38. The molecule has 0 spiro atoms. The van der Waals surface area contributed by atoms with Gasteiger partial charge in [-0.1, -0.05) is 51.3 Å². The second-order valence-electron chi connectivity index (χ2n) is 4.23. The van der Waals surface area contributed by atoms with E-state index in [9.17, 15) is 4.79 Å². The zero-order valence-corrected chi connectivity index (χ0v) is 11.4. The van der Waals surface area contributed by atoms with Crippen LogP contribution in [-0.2, 0) is 14.3 Å². The van der Waals surface area contributed by atoms with Gasteiger partial charge in [0.1, 0.15) is 6.61 Å². The lowest BCUT2D eigenvalue weighted by Crippen LogP contribution is -2.03. The van der Waals surface area contributed by atoms with Gasteiger partial charge >= 0.3 is 5.97 Å². The molecule has 0 aliphatic carbocycles. The lowest BCUT2D eigenvalue weighted by molar-refractivity contribution is -0.142. The van der Waals surface area contributed by atoms with Crippen molar-refractivity contribution in [3.8, 4) is 0 Å². The second-order valence-corrected chi connectivity index (χ2v) is 4.23. The maximum absolute atomic E-state index is 11.1. The third-order valence-electron chi connectivity index (χ3n) is 2.62. The number of hydrogen-bond acceptors (Lipinski definition) is 3. The topological polar surface area (TPSA) is 35.5 Å². The Kier molecular flexibility index (Phi) is 12.9. The normalized spacial score (nSPS) is 9.78. The van der Waals surface area contributed by atoms with Crippen molar-refractivity contribution in [3.63, 3.8) is 0 Å². The number of unbranched alkanes of at least 4 members (excludes halogenated alkanes) is 6. The number of ether oxygens (including phenoxy) is 2. The van der Waals surface area contributed by atoms with Gasteiger partial charge in [-0.15, -0.1) is 0 Å². The summed E-state index contributed by atoms with van der Waals surface area (Å²) in [5.41, 5.74) is 0. The summed E-state index contributed by atoms with van der Waals surface area (Å²) in [5.74, 6) is -0.114. The Morgan fingerprint density at radius 3 is 2.17 bits per heavy atom. The second kappa shape index (κ2) is 13.8. The summed E-state index contributed by atoms with van der Waals surface area (Å²) in [6, 6.07) is 0. The minimum Gasteiger partial charge on any atom is -0.502 e. The van der Waals surface area contributed by atoms with E-state index in [0.717, 1.165) is 25.9 Å². The van der Waals surface area contributed by atoms with E-state index in [1.165, 1.54) is 31.9 Å². The van der Waals surface area contributed by atoms with Gasteiger partial charge < -0.3 is 9.47 Å². The zero-order valence-electron chi connectivity index (χ0n) is 11.4. The Morgan fingerprint density at radius 2 is 1.56 bits per heavy atom. The van der Waals surface area contributed by atoms with E-state index in [1.54, 1.807) is 6.08 Å². The Labute approximate surface area is 111 Å². The fraction of sp³-hybridized carbons (Fsp3) is 0.667. The molecule has 0 atom stereocenters. The van der Waals surface area contributed by atoms with Gasteiger partial charge in [-0.2, -0.15) is 0 Å². The quantitative estimate of drug-likeness (QED) is 0.216. The van der Waals surface area contributed by atoms with E-state index in [2.05, 4.69) is 13.2 Å². The summed E-state index contributed by atoms with van der Waals surface area (Å²) < 4.78 is 9.94. The van der Waals surface area contributed by atoms with Gasteiger partial charge in [-0.3, -0.25) is 4.79 Å². The summed E-state index contributed by atoms with van der Waals surface area (Å²) in [7, 11) is 0. The highest BCUT2D eigenvalue weighted by Gasteiger charge is 2.00. The molecule has 0 aromatic carbocycles. The SMILES string of the molecule is C=CCOC(=O)CCCCCCCCCOC=C. The van der Waals surface area contributed by atoms with Crippen LogP contribution in [0.25, 0.3) is 0 Å². The third kappa shape index (κ3) is 12.8. The predicted molar refractivity (Wildman–Crippen MR) is 74.2 cm³/mol. The van der Waals surface area contributed by atoms with Crippen LogP contribution in [0.3, 0.4) is 0 Å². The lowest BCUT2D eigenvalue weighted by atomic mass is 10.1. The average molecular weight is 254 g/mol. The summed E-state index contributed by atoms with van der Waals surface area (Å²) in [4.78, 5) is 11.1. The van der Waals surface area contributed by atoms with Crippen molar-refractivity contribution >= 4 is 5.97 Å². The summed E-state index contributed by atoms with van der Waals surface area (Å²) in [6.07, 6.45) is 11.6. The molecule has 3 heteroatoms. The van der Waals surface area contributed by atoms with Crippen molar-refractivity contribution in [1.82, 2.24) is 0 Å². The van der Waals surface area contributed by atoms with Crippen molar-refractivity contribution in [1.29, 1.82) is 0 Å². The van der Waals surface area contributed by atoms with Crippen LogP contribution in [-0.4, -0.2) is 19.2 Å². The first kappa shape index (κ1) is 16.8. The van der Waals surface area contributed by atoms with Crippen LogP contribution in [0.15, 0.2) is 25.5 Å². The molecular weight excluding hydrogens is 228 g/mol. The van der Waals surface area contributed by atoms with Gasteiger partial charge in [-0.25, -0.2) is 0 Å². The van der Waals surface area contributed by atoms with E-state index in [1.807, 2.05) is 0 Å². The first-order valence-electron chi connectivity index (χ1n) is 6.80. The monoisotopic (exact) mass is 254 g/mol. The summed E-state index contributed by atoms with van der Waals surface area (Å²) in [5, 5.41) is 0. The fourth-order valence-electron chi connectivity index (χ4n) is 1.65. The van der Waals surface area contributed by atoms with Crippen LogP contribution < -0.4 is 0 Å². The fourth-order valence-corrected chi connectivity index (χ4v) is 1.65. The molecule has 0 N–H and O–H groups in total. The van der Waals surface area contributed by atoms with Crippen LogP contribution in [0.5, 0.6) is 0 Å². The zero-order chi connectivity index (χ0) is 13.5. The molecule has 0 rings (SSSR count). The van der Waals surface area contributed by atoms with Crippen LogP contribution in [0.4, 0.5) is 0 Å². The molecule has 104 valence electrons. The van der Waals surface area contributed by atoms with Crippen LogP contribution in [0, 0.1) is 0 Å². The van der Waals surface area contributed by atoms with E-state index in [0.29, 0.717) is 13.0 Å². The Balaban J connectivity index is 3.08. The van der Waals surface area contributed by atoms with Gasteiger partial charge in [0.05, 0.1) is 12.9 Å². The maximum Gasteiger partial charge on any atom is 0.306 e. The van der Waals surface area contributed by atoms with Crippen molar-refractivity contribution < 1.29 is 14.3 Å². The maximum atomic E-state index is 11.1. The molecule has 0 saturated heterocycles. The van der Waals surface area contributed by atoms with E-state index in [-0.39, 0.29) is 5.97 Å². The van der Waals surface area contributed by atoms with Crippen molar-refractivity contribution in [3.05, 3.63) is 25.5 Å². The molecule has 0 aliphatic rings. The van der Waals surface area contributed by atoms with Crippen LogP contribution in [0.2, 0.25) is 0 Å². The molecule has 0 bridgehead atoms. The van der Waals surface area contributed by atoms with Crippen molar-refractivity contribution in [2.45, 2.75) is 51.4 Å². The highest BCUT2D eigenvalue weighted by Crippen LogP contribution is 2.09. The third-order valence-corrected chi connectivity index (χ3v) is 2.62. The largest absolute Gasteiger partial charge is 0.502 e. The molecule has 0 aromatic heterocycles. The van der Waals surface area contributed by atoms with Crippen LogP contribution in [0.1, 0.15) is 51.4 Å². The van der Waals surface area contributed by atoms with Crippen molar-refractivity contribution in [2.75, 3.05) is 13.2 Å². The smallest absolute Gasteiger partial charge is 0.306 e. The minimum atomic E-state index is -0.114. The lowest BCUT2D eigenvalue weighted by Gasteiger charge is -2.03. The van der Waals surface area contributed by atoms with E-state index >= 15 is 0 Å². The number of carbonyl (C=O) groups is 1. The molecular formula is C15H26O3. The Bertz CT molecular complexity index is 224. The summed E-state index contributed by atoms with van der Waals surface area (Å²) in [6.45, 7) is 8.10. The minimum absolute atomic E-state index is 0.114. The molecule has 3 nitrogen and oxygen atoms in total. The standard InChI is InChI=1S/C15H26O3/c1-3-13-18-15(16)12-10-8-6-5-7-9-11-14-17-4-2/h3-4H,1-2,5-14H2. The van der Waals surface area contributed by atoms with Gasteiger partial charge in [0, 0.05) is 6.42 Å². The molecule has 0 radical (unpaired) electrons. The van der Waals surface area contributed by atoms with Gasteiger partial charge in [0.2, 0.25) is 0 Å². The first-order chi connectivity index (χ1) is 8.81. The number of esters is 1. The van der Waals surface area contributed by atoms with Crippen LogP contribution >= 0.6 is 0 Å². The van der Waals surface area contributed by atoms with Gasteiger partial charge in [-0.05, 0) is 12.8 Å². The molecule has 0 unspecified atom stereocenters. The number of carbonyl (C=O) groups excluding carboxylic acids is 1.